The number of halogens is 3. The maximum atomic E-state index is 12.3. The van der Waals surface area contributed by atoms with Gasteiger partial charge in [0.1, 0.15) is 6.54 Å². The van der Waals surface area contributed by atoms with Crippen molar-refractivity contribution in [2.75, 3.05) is 5.32 Å². The number of hydrogen-bond donors (Lipinski definition) is 1. The van der Waals surface area contributed by atoms with E-state index in [0.29, 0.717) is 6.54 Å². The zero-order valence-electron chi connectivity index (χ0n) is 13.4. The lowest BCUT2D eigenvalue weighted by molar-refractivity contribution is -0.142. The van der Waals surface area contributed by atoms with Gasteiger partial charge >= 0.3 is 6.18 Å². The van der Waals surface area contributed by atoms with E-state index in [1.807, 2.05) is 25.1 Å². The number of benzene rings is 1. The topological polar surface area (TPSA) is 64.7 Å². The number of hydrogen-bond acceptors (Lipinski definition) is 3. The first-order chi connectivity index (χ1) is 11.8. The Bertz CT molecular complexity index is 897. The number of fused-ring (bicyclic) bond motifs is 1. The molecule has 0 fully saturated rings. The van der Waals surface area contributed by atoms with E-state index in [4.69, 9.17) is 0 Å². The highest BCUT2D eigenvalue weighted by Gasteiger charge is 2.28. The summed E-state index contributed by atoms with van der Waals surface area (Å²) < 4.78 is 39.3. The van der Waals surface area contributed by atoms with Crippen molar-refractivity contribution in [2.45, 2.75) is 32.6 Å². The molecule has 0 saturated heterocycles. The molecule has 2 aromatic heterocycles. The molecule has 6 nitrogen and oxygen atoms in total. The Kier molecular flexibility index (Phi) is 4.47. The van der Waals surface area contributed by atoms with E-state index in [-0.39, 0.29) is 18.0 Å². The first-order valence-electron chi connectivity index (χ1n) is 7.61. The second-order valence-corrected chi connectivity index (χ2v) is 5.77. The van der Waals surface area contributed by atoms with E-state index >= 15 is 0 Å². The van der Waals surface area contributed by atoms with Crippen molar-refractivity contribution in [2.24, 2.45) is 0 Å². The van der Waals surface area contributed by atoms with Crippen LogP contribution < -0.4 is 5.32 Å². The van der Waals surface area contributed by atoms with E-state index in [1.54, 1.807) is 10.9 Å². The third-order valence-corrected chi connectivity index (χ3v) is 3.61. The number of anilines is 1. The lowest BCUT2D eigenvalue weighted by Crippen LogP contribution is -2.18. The number of carbonyl (C=O) groups is 1. The normalized spacial score (nSPS) is 11.8. The summed E-state index contributed by atoms with van der Waals surface area (Å²) in [6.07, 6.45) is -0.135. The predicted molar refractivity (Wildman–Crippen MR) is 86.0 cm³/mol. The maximum absolute atomic E-state index is 12.3. The van der Waals surface area contributed by atoms with Gasteiger partial charge in [-0.15, -0.1) is 0 Å². The predicted octanol–water partition coefficient (Wildman–Crippen LogP) is 3.13. The van der Waals surface area contributed by atoms with Gasteiger partial charge in [0.2, 0.25) is 5.91 Å². The van der Waals surface area contributed by atoms with E-state index in [2.05, 4.69) is 15.5 Å². The van der Waals surface area contributed by atoms with Crippen LogP contribution in [0.25, 0.3) is 10.9 Å². The third kappa shape index (κ3) is 4.37. The van der Waals surface area contributed by atoms with Gasteiger partial charge in [-0.25, -0.2) is 0 Å². The Morgan fingerprint density at radius 3 is 2.80 bits per heavy atom. The van der Waals surface area contributed by atoms with Crippen LogP contribution in [0.5, 0.6) is 0 Å². The SMILES string of the molecule is Cc1ccc2cnn(CCC(=O)Nc3cnn(CC(F)(F)F)c3)c2c1. The summed E-state index contributed by atoms with van der Waals surface area (Å²) in [7, 11) is 0. The number of alkyl halides is 3. The molecule has 1 aromatic carbocycles. The molecule has 1 N–H and O–H groups in total. The summed E-state index contributed by atoms with van der Waals surface area (Å²) >= 11 is 0. The van der Waals surface area contributed by atoms with Gasteiger partial charge in [-0.05, 0) is 18.6 Å². The Hall–Kier alpha value is -2.84. The minimum atomic E-state index is -4.35. The number of aromatic nitrogens is 4. The Morgan fingerprint density at radius 2 is 2.04 bits per heavy atom. The second kappa shape index (κ2) is 6.58. The fourth-order valence-electron chi connectivity index (χ4n) is 2.49. The van der Waals surface area contributed by atoms with Crippen molar-refractivity contribution in [3.8, 4) is 0 Å². The van der Waals surface area contributed by atoms with Gasteiger partial charge in [0.15, 0.2) is 0 Å². The zero-order valence-corrected chi connectivity index (χ0v) is 13.4. The molecule has 132 valence electrons. The van der Waals surface area contributed by atoms with Crippen LogP contribution in [0, 0.1) is 6.92 Å². The fourth-order valence-corrected chi connectivity index (χ4v) is 2.49. The van der Waals surface area contributed by atoms with Crippen LogP contribution in [0.1, 0.15) is 12.0 Å². The van der Waals surface area contributed by atoms with E-state index < -0.39 is 12.7 Å². The average Bonchev–Trinajstić information content (AvgIpc) is 3.10. The minimum Gasteiger partial charge on any atom is -0.323 e. The van der Waals surface area contributed by atoms with Crippen molar-refractivity contribution in [3.05, 3.63) is 42.4 Å². The lowest BCUT2D eigenvalue weighted by Gasteiger charge is -2.06. The van der Waals surface area contributed by atoms with E-state index in [0.717, 1.165) is 27.3 Å². The van der Waals surface area contributed by atoms with Crippen LogP contribution in [-0.2, 0) is 17.9 Å². The first-order valence-corrected chi connectivity index (χ1v) is 7.61. The number of amides is 1. The van der Waals surface area contributed by atoms with Crippen LogP contribution >= 0.6 is 0 Å². The smallest absolute Gasteiger partial charge is 0.323 e. The summed E-state index contributed by atoms with van der Waals surface area (Å²) in [6.45, 7) is 1.15. The highest BCUT2D eigenvalue weighted by atomic mass is 19.4. The van der Waals surface area contributed by atoms with E-state index in [1.165, 1.54) is 6.20 Å². The zero-order chi connectivity index (χ0) is 18.0. The van der Waals surface area contributed by atoms with Crippen molar-refractivity contribution in [1.29, 1.82) is 0 Å². The van der Waals surface area contributed by atoms with Crippen LogP contribution in [0.2, 0.25) is 0 Å². The van der Waals surface area contributed by atoms with Crippen molar-refractivity contribution in [1.82, 2.24) is 19.6 Å². The molecule has 0 unspecified atom stereocenters. The number of rotatable bonds is 5. The Labute approximate surface area is 141 Å². The first kappa shape index (κ1) is 17.0. The molecule has 0 aliphatic heterocycles. The molecule has 25 heavy (non-hydrogen) atoms. The van der Waals surface area contributed by atoms with Gasteiger partial charge in [-0.3, -0.25) is 14.2 Å². The minimum absolute atomic E-state index is 0.148. The second-order valence-electron chi connectivity index (χ2n) is 5.77. The number of carbonyl (C=O) groups excluding carboxylic acids is 1. The molecule has 0 atom stereocenters. The summed E-state index contributed by atoms with van der Waals surface area (Å²) in [4.78, 5) is 12.0. The Balaban J connectivity index is 1.58. The van der Waals surface area contributed by atoms with Crippen molar-refractivity contribution < 1.29 is 18.0 Å². The van der Waals surface area contributed by atoms with Crippen LogP contribution in [0.15, 0.2) is 36.8 Å². The standard InChI is InChI=1S/C16H16F3N5O/c1-11-2-3-12-7-21-24(14(12)6-11)5-4-15(25)22-13-8-20-23(9-13)10-16(17,18)19/h2-3,6-9H,4-5,10H2,1H3,(H,22,25). The van der Waals surface area contributed by atoms with Crippen LogP contribution in [-0.4, -0.2) is 31.6 Å². The molecular formula is C16H16F3N5O. The molecule has 0 bridgehead atoms. The van der Waals surface area contributed by atoms with Gasteiger partial charge in [-0.2, -0.15) is 23.4 Å². The molecule has 3 rings (SSSR count). The molecule has 2 heterocycles. The Morgan fingerprint density at radius 1 is 1.24 bits per heavy atom. The van der Waals surface area contributed by atoms with Gasteiger partial charge in [-0.1, -0.05) is 12.1 Å². The third-order valence-electron chi connectivity index (χ3n) is 3.61. The molecule has 0 spiro atoms. The monoisotopic (exact) mass is 351 g/mol. The van der Waals surface area contributed by atoms with Gasteiger partial charge in [0.25, 0.3) is 0 Å². The molecule has 3 aromatic rings. The van der Waals surface area contributed by atoms with Gasteiger partial charge in [0, 0.05) is 18.0 Å². The summed E-state index contributed by atoms with van der Waals surface area (Å²) in [6, 6.07) is 5.93. The van der Waals surface area contributed by atoms with Crippen molar-refractivity contribution in [3.63, 3.8) is 0 Å². The lowest BCUT2D eigenvalue weighted by atomic mass is 10.2. The van der Waals surface area contributed by atoms with Crippen LogP contribution in [0.4, 0.5) is 18.9 Å². The quantitative estimate of drug-likeness (QED) is 0.768. The largest absolute Gasteiger partial charge is 0.408 e. The molecule has 1 amide bonds. The molecule has 0 radical (unpaired) electrons. The molecule has 0 aliphatic carbocycles. The summed E-state index contributed by atoms with van der Waals surface area (Å²) in [5.41, 5.74) is 2.26. The average molecular weight is 351 g/mol. The van der Waals surface area contributed by atoms with Crippen molar-refractivity contribution >= 4 is 22.5 Å². The maximum Gasteiger partial charge on any atom is 0.408 e. The number of aryl methyl sites for hydroxylation is 2. The fraction of sp³-hybridized carbons (Fsp3) is 0.312. The molecule has 9 heteroatoms. The number of nitrogens with zero attached hydrogens (tertiary/aromatic N) is 4. The van der Waals surface area contributed by atoms with Crippen LogP contribution in [0.3, 0.4) is 0 Å². The molecule has 0 aliphatic rings. The van der Waals surface area contributed by atoms with Gasteiger partial charge < -0.3 is 5.32 Å². The number of nitrogens with one attached hydrogen (secondary N) is 1. The molecule has 0 saturated carbocycles. The van der Waals surface area contributed by atoms with E-state index in [9.17, 15) is 18.0 Å². The highest BCUT2D eigenvalue weighted by Crippen LogP contribution is 2.18. The molecular weight excluding hydrogens is 335 g/mol. The summed E-state index contributed by atoms with van der Waals surface area (Å²) in [5, 5.41) is 11.4. The van der Waals surface area contributed by atoms with Gasteiger partial charge in [0.05, 0.1) is 30.1 Å². The summed E-state index contributed by atoms with van der Waals surface area (Å²) in [5.74, 6) is -0.317. The highest BCUT2D eigenvalue weighted by molar-refractivity contribution is 5.90.